The molecule has 0 aromatic carbocycles. The van der Waals surface area contributed by atoms with Gasteiger partial charge in [0.05, 0.1) is 5.69 Å². The van der Waals surface area contributed by atoms with Gasteiger partial charge in [-0.25, -0.2) is 4.68 Å². The Morgan fingerprint density at radius 1 is 1.46 bits per heavy atom. The average Bonchev–Trinajstić information content (AvgIpc) is 2.56. The normalized spacial score (nSPS) is 10.3. The van der Waals surface area contributed by atoms with Crippen molar-refractivity contribution in [2.24, 2.45) is 0 Å². The van der Waals surface area contributed by atoms with Gasteiger partial charge in [-0.3, -0.25) is 4.79 Å². The van der Waals surface area contributed by atoms with Crippen LogP contribution in [-0.4, -0.2) is 21.3 Å². The highest BCUT2D eigenvalue weighted by Crippen LogP contribution is 2.05. The largest absolute Gasteiger partial charge is 0.296 e. The summed E-state index contributed by atoms with van der Waals surface area (Å²) in [5.41, 5.74) is 1.43. The second kappa shape index (κ2) is 4.74. The predicted molar refractivity (Wildman–Crippen MR) is 49.7 cm³/mol. The molecule has 0 radical (unpaired) electrons. The van der Waals surface area contributed by atoms with Gasteiger partial charge in [-0.1, -0.05) is 25.5 Å². The van der Waals surface area contributed by atoms with Crippen LogP contribution in [-0.2, 0) is 13.0 Å². The monoisotopic (exact) mass is 181 g/mol. The van der Waals surface area contributed by atoms with E-state index in [-0.39, 0.29) is 0 Å². The van der Waals surface area contributed by atoms with Gasteiger partial charge in [-0.2, -0.15) is 0 Å². The van der Waals surface area contributed by atoms with Gasteiger partial charge in [-0.05, 0) is 12.8 Å². The third-order valence-corrected chi connectivity index (χ3v) is 2.04. The van der Waals surface area contributed by atoms with Crippen LogP contribution in [0, 0.1) is 0 Å². The van der Waals surface area contributed by atoms with E-state index < -0.39 is 0 Å². The summed E-state index contributed by atoms with van der Waals surface area (Å²) < 4.78 is 1.83. The molecule has 1 aromatic rings. The molecule has 0 bridgehead atoms. The zero-order valence-corrected chi connectivity index (χ0v) is 8.16. The van der Waals surface area contributed by atoms with Gasteiger partial charge in [0, 0.05) is 6.54 Å². The molecule has 0 aliphatic carbocycles. The molecule has 0 fully saturated rings. The highest BCUT2D eigenvalue weighted by Gasteiger charge is 2.08. The molecule has 0 saturated heterocycles. The highest BCUT2D eigenvalue weighted by atomic mass is 16.1. The molecule has 0 N–H and O–H groups in total. The Labute approximate surface area is 77.9 Å². The van der Waals surface area contributed by atoms with Crippen LogP contribution in [0.3, 0.4) is 0 Å². The van der Waals surface area contributed by atoms with Crippen LogP contribution in [0.2, 0.25) is 0 Å². The molecule has 1 aromatic heterocycles. The molecule has 72 valence electrons. The first kappa shape index (κ1) is 9.89. The Bertz CT molecular complexity index is 280. The van der Waals surface area contributed by atoms with Crippen LogP contribution in [0.5, 0.6) is 0 Å². The second-order valence-corrected chi connectivity index (χ2v) is 2.97. The molecular weight excluding hydrogens is 166 g/mol. The first-order chi connectivity index (χ1) is 6.33. The van der Waals surface area contributed by atoms with E-state index in [9.17, 15) is 4.79 Å². The minimum atomic E-state index is 0.485. The molecule has 0 aliphatic rings. The number of nitrogens with zero attached hydrogens (tertiary/aromatic N) is 3. The molecule has 4 nitrogen and oxygen atoms in total. The molecule has 0 amide bonds. The zero-order valence-electron chi connectivity index (χ0n) is 8.16. The van der Waals surface area contributed by atoms with Crippen molar-refractivity contribution in [2.75, 3.05) is 0 Å². The zero-order chi connectivity index (χ0) is 9.68. The maximum absolute atomic E-state index is 10.6. The number of carbonyl (C=O) groups excluding carboxylic acids is 1. The van der Waals surface area contributed by atoms with Crippen molar-refractivity contribution in [3.63, 3.8) is 0 Å². The lowest BCUT2D eigenvalue weighted by atomic mass is 10.2. The third kappa shape index (κ3) is 2.14. The van der Waals surface area contributed by atoms with Gasteiger partial charge in [0.1, 0.15) is 5.69 Å². The van der Waals surface area contributed by atoms with Gasteiger partial charge in [-0.15, -0.1) is 5.10 Å². The van der Waals surface area contributed by atoms with Crippen molar-refractivity contribution < 1.29 is 4.79 Å². The number of carbonyl (C=O) groups is 1. The number of rotatable bonds is 5. The van der Waals surface area contributed by atoms with Crippen molar-refractivity contribution in [1.29, 1.82) is 0 Å². The first-order valence-corrected chi connectivity index (χ1v) is 4.71. The van der Waals surface area contributed by atoms with Crippen molar-refractivity contribution in [2.45, 2.75) is 39.7 Å². The Kier molecular flexibility index (Phi) is 3.61. The second-order valence-electron chi connectivity index (χ2n) is 2.97. The van der Waals surface area contributed by atoms with Gasteiger partial charge >= 0.3 is 0 Å². The standard InChI is InChI=1S/C9H15N3O/c1-3-5-6-12-9(4-2)8(7-13)10-11-12/h7H,3-6H2,1-2H3. The molecule has 0 saturated carbocycles. The van der Waals surface area contributed by atoms with Crippen LogP contribution in [0.15, 0.2) is 0 Å². The summed E-state index contributed by atoms with van der Waals surface area (Å²) in [7, 11) is 0. The molecule has 0 atom stereocenters. The molecular formula is C9H15N3O. The average molecular weight is 181 g/mol. The summed E-state index contributed by atoms with van der Waals surface area (Å²) in [6.07, 6.45) is 3.78. The smallest absolute Gasteiger partial charge is 0.172 e. The van der Waals surface area contributed by atoms with Crippen LogP contribution >= 0.6 is 0 Å². The predicted octanol–water partition coefficient (Wildman–Crippen LogP) is 1.45. The first-order valence-electron chi connectivity index (χ1n) is 4.71. The van der Waals surface area contributed by atoms with Crippen molar-refractivity contribution in [3.05, 3.63) is 11.4 Å². The van der Waals surface area contributed by atoms with E-state index in [4.69, 9.17) is 0 Å². The maximum Gasteiger partial charge on any atom is 0.172 e. The third-order valence-electron chi connectivity index (χ3n) is 2.04. The van der Waals surface area contributed by atoms with E-state index >= 15 is 0 Å². The van der Waals surface area contributed by atoms with Gasteiger partial charge in [0.2, 0.25) is 0 Å². The number of hydrogen-bond donors (Lipinski definition) is 0. The Morgan fingerprint density at radius 3 is 2.77 bits per heavy atom. The number of aryl methyl sites for hydroxylation is 1. The lowest BCUT2D eigenvalue weighted by molar-refractivity contribution is 0.111. The van der Waals surface area contributed by atoms with E-state index in [1.807, 2.05) is 11.6 Å². The van der Waals surface area contributed by atoms with Crippen molar-refractivity contribution in [1.82, 2.24) is 15.0 Å². The summed E-state index contributed by atoms with van der Waals surface area (Å²) in [6.45, 7) is 5.00. The van der Waals surface area contributed by atoms with Crippen LogP contribution in [0.1, 0.15) is 42.9 Å². The fraction of sp³-hybridized carbons (Fsp3) is 0.667. The van der Waals surface area contributed by atoms with Crippen LogP contribution in [0.4, 0.5) is 0 Å². The Morgan fingerprint density at radius 2 is 2.23 bits per heavy atom. The van der Waals surface area contributed by atoms with Crippen molar-refractivity contribution in [3.8, 4) is 0 Å². The minimum Gasteiger partial charge on any atom is -0.296 e. The molecule has 4 heteroatoms. The molecule has 1 rings (SSSR count). The number of hydrogen-bond acceptors (Lipinski definition) is 3. The number of unbranched alkanes of at least 4 members (excludes halogenated alkanes) is 1. The van der Waals surface area contributed by atoms with Crippen molar-refractivity contribution >= 4 is 6.29 Å². The lowest BCUT2D eigenvalue weighted by Crippen LogP contribution is -2.05. The summed E-state index contributed by atoms with van der Waals surface area (Å²) in [5, 5.41) is 7.73. The molecule has 0 unspecified atom stereocenters. The maximum atomic E-state index is 10.6. The number of aromatic nitrogens is 3. The van der Waals surface area contributed by atoms with E-state index in [0.717, 1.165) is 37.8 Å². The fourth-order valence-electron chi connectivity index (χ4n) is 1.29. The van der Waals surface area contributed by atoms with Gasteiger partial charge in [0.15, 0.2) is 6.29 Å². The molecule has 0 spiro atoms. The summed E-state index contributed by atoms with van der Waals surface area (Å²) in [4.78, 5) is 10.6. The van der Waals surface area contributed by atoms with Crippen LogP contribution in [0.25, 0.3) is 0 Å². The minimum absolute atomic E-state index is 0.485. The SMILES string of the molecule is CCCCn1nnc(C=O)c1CC. The highest BCUT2D eigenvalue weighted by molar-refractivity contribution is 5.73. The Hall–Kier alpha value is -1.19. The van der Waals surface area contributed by atoms with E-state index in [2.05, 4.69) is 17.2 Å². The molecule has 13 heavy (non-hydrogen) atoms. The lowest BCUT2D eigenvalue weighted by Gasteiger charge is -2.02. The summed E-state index contributed by atoms with van der Waals surface area (Å²) in [5.74, 6) is 0. The van der Waals surface area contributed by atoms with E-state index in [1.54, 1.807) is 0 Å². The van der Waals surface area contributed by atoms with Crippen LogP contribution < -0.4 is 0 Å². The summed E-state index contributed by atoms with van der Waals surface area (Å²) in [6, 6.07) is 0. The Balaban J connectivity index is 2.81. The van der Waals surface area contributed by atoms with Gasteiger partial charge < -0.3 is 0 Å². The fourth-order valence-corrected chi connectivity index (χ4v) is 1.29. The van der Waals surface area contributed by atoms with E-state index in [1.165, 1.54) is 0 Å². The quantitative estimate of drug-likeness (QED) is 0.646. The van der Waals surface area contributed by atoms with E-state index in [0.29, 0.717) is 5.69 Å². The summed E-state index contributed by atoms with van der Waals surface area (Å²) >= 11 is 0. The topological polar surface area (TPSA) is 47.8 Å². The van der Waals surface area contributed by atoms with Gasteiger partial charge in [0.25, 0.3) is 0 Å². The number of aldehydes is 1. The molecule has 0 aliphatic heterocycles. The molecule has 1 heterocycles.